The minimum atomic E-state index is -3.90. The van der Waals surface area contributed by atoms with Crippen LogP contribution in [0.2, 0.25) is 0 Å². The fourth-order valence-corrected chi connectivity index (χ4v) is 4.41. The molecule has 0 aliphatic carbocycles. The van der Waals surface area contributed by atoms with E-state index >= 15 is 0 Å². The normalized spacial score (nSPS) is 20.1. The number of anilines is 1. The van der Waals surface area contributed by atoms with Crippen LogP contribution >= 0.6 is 0 Å². The van der Waals surface area contributed by atoms with Crippen molar-refractivity contribution in [1.29, 1.82) is 5.26 Å². The van der Waals surface area contributed by atoms with Crippen LogP contribution in [-0.2, 0) is 15.6 Å². The van der Waals surface area contributed by atoms with Gasteiger partial charge in [-0.1, -0.05) is 0 Å². The van der Waals surface area contributed by atoms with Crippen molar-refractivity contribution >= 4 is 27.6 Å². The number of carbonyl (C=O) groups excluding carboxylic acids is 1. The largest absolute Gasteiger partial charge is 0.321 e. The third-order valence-corrected chi connectivity index (χ3v) is 6.40. The first-order valence-electron chi connectivity index (χ1n) is 8.50. The Morgan fingerprint density at radius 2 is 2.03 bits per heavy atom. The molecule has 1 amide bonds. The maximum atomic E-state index is 14.6. The van der Waals surface area contributed by atoms with Crippen LogP contribution in [0.3, 0.4) is 0 Å². The number of rotatable bonds is 3. The monoisotopic (exact) mass is 434 g/mol. The van der Waals surface area contributed by atoms with E-state index in [1.165, 1.54) is 32.2 Å². The molecule has 1 atom stereocenters. The summed E-state index contributed by atoms with van der Waals surface area (Å²) in [6.45, 7) is 1.40. The van der Waals surface area contributed by atoms with Gasteiger partial charge in [0.2, 0.25) is 16.0 Å². The zero-order valence-electron chi connectivity index (χ0n) is 15.8. The van der Waals surface area contributed by atoms with Gasteiger partial charge < -0.3 is 5.32 Å². The van der Waals surface area contributed by atoms with E-state index in [-0.39, 0.29) is 22.9 Å². The molecule has 1 aliphatic heterocycles. The fourth-order valence-electron chi connectivity index (χ4n) is 2.94. The van der Waals surface area contributed by atoms with Gasteiger partial charge in [-0.25, -0.2) is 31.5 Å². The molecule has 12 heteroatoms. The number of amides is 1. The van der Waals surface area contributed by atoms with E-state index in [1.807, 2.05) is 0 Å². The average molecular weight is 434 g/mol. The second kappa shape index (κ2) is 7.68. The Morgan fingerprint density at radius 3 is 2.67 bits per heavy atom. The number of aromatic nitrogens is 1. The van der Waals surface area contributed by atoms with Gasteiger partial charge >= 0.3 is 0 Å². The molecule has 3 rings (SSSR count). The van der Waals surface area contributed by atoms with Crippen LogP contribution in [0.1, 0.15) is 23.0 Å². The smallest absolute Gasteiger partial charge is 0.274 e. The molecule has 30 heavy (non-hydrogen) atoms. The Labute approximate surface area is 171 Å². The SMILES string of the molecule is CN1C(NC#N)=N[C@](C)(c2cc(NC(=O)c3ccc(F)cn3)ccc2F)CS1(=O)=O. The number of aliphatic imine (C=N–C) groups is 1. The standard InChI is InChI=1S/C18H16F2N6O3S/c1-18(9-30(28,29)26(2)17(25-18)23-10-21)13-7-12(4-5-14(13)20)24-16(27)15-6-3-11(19)8-22-15/h3-8H,9H2,1-2H3,(H,23,25)(H,24,27)/t18-/m0/s1. The van der Waals surface area contributed by atoms with Gasteiger partial charge in [-0.3, -0.25) is 10.1 Å². The molecule has 0 unspecified atom stereocenters. The first-order chi connectivity index (χ1) is 14.1. The molecule has 9 nitrogen and oxygen atoms in total. The number of nitrogens with zero attached hydrogens (tertiary/aromatic N) is 4. The third-order valence-electron chi connectivity index (χ3n) is 4.46. The number of hydrogen-bond acceptors (Lipinski definition) is 7. The molecule has 2 aromatic rings. The number of benzene rings is 1. The van der Waals surface area contributed by atoms with Crippen molar-refractivity contribution in [3.05, 3.63) is 59.4 Å². The summed E-state index contributed by atoms with van der Waals surface area (Å²) in [7, 11) is -2.68. The molecule has 0 bridgehead atoms. The summed E-state index contributed by atoms with van der Waals surface area (Å²) in [5.41, 5.74) is -1.57. The molecule has 0 saturated heterocycles. The lowest BCUT2D eigenvalue weighted by Crippen LogP contribution is -2.51. The molecule has 1 aromatic heterocycles. The summed E-state index contributed by atoms with van der Waals surface area (Å²) in [4.78, 5) is 20.2. The second-order valence-electron chi connectivity index (χ2n) is 6.68. The number of guanidine groups is 1. The predicted molar refractivity (Wildman–Crippen MR) is 104 cm³/mol. The number of sulfonamides is 1. The van der Waals surface area contributed by atoms with Crippen LogP contribution in [0.5, 0.6) is 0 Å². The highest BCUT2D eigenvalue weighted by molar-refractivity contribution is 7.89. The summed E-state index contributed by atoms with van der Waals surface area (Å²) < 4.78 is 53.4. The first-order valence-corrected chi connectivity index (χ1v) is 10.1. The van der Waals surface area contributed by atoms with E-state index < -0.39 is 38.9 Å². The predicted octanol–water partition coefficient (Wildman–Crippen LogP) is 1.53. The van der Waals surface area contributed by atoms with Gasteiger partial charge in [0.15, 0.2) is 6.19 Å². The van der Waals surface area contributed by atoms with Crippen molar-refractivity contribution < 1.29 is 22.0 Å². The van der Waals surface area contributed by atoms with E-state index in [9.17, 15) is 22.0 Å². The lowest BCUT2D eigenvalue weighted by atomic mass is 9.93. The third kappa shape index (κ3) is 4.06. The lowest BCUT2D eigenvalue weighted by molar-refractivity contribution is 0.102. The molecule has 156 valence electrons. The number of halogens is 2. The van der Waals surface area contributed by atoms with Crippen molar-refractivity contribution in [2.45, 2.75) is 12.5 Å². The van der Waals surface area contributed by atoms with Crippen LogP contribution in [0, 0.1) is 23.1 Å². The maximum Gasteiger partial charge on any atom is 0.274 e. The van der Waals surface area contributed by atoms with E-state index in [0.717, 1.165) is 22.6 Å². The van der Waals surface area contributed by atoms with Gasteiger partial charge in [0.05, 0.1) is 11.9 Å². The Balaban J connectivity index is 1.99. The minimum Gasteiger partial charge on any atom is -0.321 e. The van der Waals surface area contributed by atoms with Crippen molar-refractivity contribution in [2.24, 2.45) is 4.99 Å². The summed E-state index contributed by atoms with van der Waals surface area (Å²) in [6, 6.07) is 5.85. The molecule has 0 saturated carbocycles. The van der Waals surface area contributed by atoms with E-state index in [4.69, 9.17) is 5.26 Å². The van der Waals surface area contributed by atoms with Crippen molar-refractivity contribution in [1.82, 2.24) is 14.6 Å². The maximum absolute atomic E-state index is 14.6. The zero-order valence-corrected chi connectivity index (χ0v) is 16.7. The van der Waals surface area contributed by atoms with Gasteiger partial charge in [0.25, 0.3) is 5.91 Å². The summed E-state index contributed by atoms with van der Waals surface area (Å²) >= 11 is 0. The summed E-state index contributed by atoms with van der Waals surface area (Å²) in [6.07, 6.45) is 2.48. The topological polar surface area (TPSA) is 128 Å². The Bertz CT molecular complexity index is 1180. The number of nitrogens with one attached hydrogen (secondary N) is 2. The van der Waals surface area contributed by atoms with Crippen LogP contribution in [-0.4, -0.2) is 42.4 Å². The van der Waals surface area contributed by atoms with Gasteiger partial charge in [0.1, 0.15) is 22.9 Å². The molecule has 2 N–H and O–H groups in total. The molecular formula is C18H16F2N6O3S. The van der Waals surface area contributed by atoms with Crippen molar-refractivity contribution in [2.75, 3.05) is 18.1 Å². The molecule has 1 aromatic carbocycles. The van der Waals surface area contributed by atoms with Gasteiger partial charge in [-0.2, -0.15) is 5.26 Å². The van der Waals surface area contributed by atoms with E-state index in [1.54, 1.807) is 6.19 Å². The zero-order chi connectivity index (χ0) is 22.1. The highest BCUT2D eigenvalue weighted by Crippen LogP contribution is 2.35. The van der Waals surface area contributed by atoms with Crippen LogP contribution in [0.15, 0.2) is 41.5 Å². The van der Waals surface area contributed by atoms with E-state index in [2.05, 4.69) is 20.6 Å². The average Bonchev–Trinajstić information content (AvgIpc) is 2.67. The lowest BCUT2D eigenvalue weighted by Gasteiger charge is -2.35. The molecule has 0 spiro atoms. The van der Waals surface area contributed by atoms with Crippen LogP contribution in [0.25, 0.3) is 0 Å². The number of pyridine rings is 1. The first kappa shape index (κ1) is 21.1. The second-order valence-corrected chi connectivity index (χ2v) is 8.68. The quantitative estimate of drug-likeness (QED) is 0.557. The Morgan fingerprint density at radius 1 is 1.30 bits per heavy atom. The van der Waals surface area contributed by atoms with Gasteiger partial charge in [-0.05, 0) is 37.3 Å². The van der Waals surface area contributed by atoms with Crippen LogP contribution < -0.4 is 10.6 Å². The highest BCUT2D eigenvalue weighted by atomic mass is 32.2. The van der Waals surface area contributed by atoms with Gasteiger partial charge in [0, 0.05) is 18.3 Å². The number of nitriles is 1. The van der Waals surface area contributed by atoms with Crippen LogP contribution in [0.4, 0.5) is 14.5 Å². The summed E-state index contributed by atoms with van der Waals surface area (Å²) in [5.74, 6) is -2.82. The van der Waals surface area contributed by atoms with E-state index in [0.29, 0.717) is 0 Å². The van der Waals surface area contributed by atoms with Crippen molar-refractivity contribution in [3.8, 4) is 6.19 Å². The Hall–Kier alpha value is -3.59. The summed E-state index contributed by atoms with van der Waals surface area (Å²) in [5, 5.41) is 13.5. The highest BCUT2D eigenvalue weighted by Gasteiger charge is 2.42. The van der Waals surface area contributed by atoms with Gasteiger partial charge in [-0.15, -0.1) is 0 Å². The molecule has 1 aliphatic rings. The Kier molecular flexibility index (Phi) is 5.41. The molecular weight excluding hydrogens is 418 g/mol. The molecule has 0 fully saturated rings. The number of hydrogen-bond donors (Lipinski definition) is 2. The fraction of sp³-hybridized carbons (Fsp3) is 0.222. The molecule has 2 heterocycles. The van der Waals surface area contributed by atoms with Crippen molar-refractivity contribution in [3.63, 3.8) is 0 Å². The number of carbonyl (C=O) groups is 1. The minimum absolute atomic E-state index is 0.0612. The molecule has 0 radical (unpaired) electrons.